The van der Waals surface area contributed by atoms with Crippen LogP contribution in [0.2, 0.25) is 0 Å². The van der Waals surface area contributed by atoms with Crippen LogP contribution in [-0.2, 0) is 6.42 Å². The van der Waals surface area contributed by atoms with Gasteiger partial charge in [-0.1, -0.05) is 17.3 Å². The van der Waals surface area contributed by atoms with Gasteiger partial charge >= 0.3 is 5.97 Å². The van der Waals surface area contributed by atoms with Crippen LogP contribution in [0.4, 0.5) is 0 Å². The number of carboxylic acid groups (broad SMARTS) is 1. The van der Waals surface area contributed by atoms with E-state index in [-0.39, 0.29) is 11.5 Å². The fourth-order valence-electron chi connectivity index (χ4n) is 1.75. The molecular formula is C14H14N2O4. The molecule has 2 N–H and O–H groups in total. The van der Waals surface area contributed by atoms with Gasteiger partial charge in [-0.25, -0.2) is 4.79 Å². The van der Waals surface area contributed by atoms with Gasteiger partial charge in [-0.3, -0.25) is 4.79 Å². The standard InChI is InChI=1S/C14H14N2O4/c1-9-12(8-16-20-9)13(17)15-7-6-10-2-4-11(5-3-10)14(18)19/h2-5,8H,6-7H2,1H3,(H,15,17)(H,18,19). The van der Waals surface area contributed by atoms with Crippen molar-refractivity contribution in [1.29, 1.82) is 0 Å². The van der Waals surface area contributed by atoms with Crippen molar-refractivity contribution in [2.45, 2.75) is 13.3 Å². The second-order valence-electron chi connectivity index (χ2n) is 4.30. The molecule has 0 bridgehead atoms. The number of carbonyl (C=O) groups excluding carboxylic acids is 1. The average Bonchev–Trinajstić information content (AvgIpc) is 2.85. The van der Waals surface area contributed by atoms with Crippen molar-refractivity contribution in [3.63, 3.8) is 0 Å². The van der Waals surface area contributed by atoms with Crippen molar-refractivity contribution in [2.75, 3.05) is 6.54 Å². The van der Waals surface area contributed by atoms with Crippen LogP contribution in [-0.4, -0.2) is 28.7 Å². The van der Waals surface area contributed by atoms with Crippen LogP contribution in [0.25, 0.3) is 0 Å². The zero-order chi connectivity index (χ0) is 14.5. The van der Waals surface area contributed by atoms with Gasteiger partial charge < -0.3 is 14.9 Å². The molecule has 1 amide bonds. The number of benzene rings is 1. The van der Waals surface area contributed by atoms with Gasteiger partial charge in [-0.2, -0.15) is 0 Å². The molecule has 0 saturated heterocycles. The maximum absolute atomic E-state index is 11.8. The topological polar surface area (TPSA) is 92.4 Å². The highest BCUT2D eigenvalue weighted by Crippen LogP contribution is 2.07. The molecule has 6 nitrogen and oxygen atoms in total. The predicted octanol–water partition coefficient (Wildman–Crippen LogP) is 1.65. The number of aromatic nitrogens is 1. The quantitative estimate of drug-likeness (QED) is 0.864. The summed E-state index contributed by atoms with van der Waals surface area (Å²) in [7, 11) is 0. The van der Waals surface area contributed by atoms with E-state index in [2.05, 4.69) is 10.5 Å². The van der Waals surface area contributed by atoms with Crippen molar-refractivity contribution in [3.8, 4) is 0 Å². The van der Waals surface area contributed by atoms with Crippen molar-refractivity contribution < 1.29 is 19.2 Å². The first kappa shape index (κ1) is 13.8. The first-order valence-corrected chi connectivity index (χ1v) is 6.09. The van der Waals surface area contributed by atoms with Crippen molar-refractivity contribution in [3.05, 3.63) is 52.9 Å². The minimum Gasteiger partial charge on any atom is -0.478 e. The van der Waals surface area contributed by atoms with Gasteiger partial charge in [-0.05, 0) is 31.0 Å². The van der Waals surface area contributed by atoms with Crippen LogP contribution in [0.1, 0.15) is 32.0 Å². The van der Waals surface area contributed by atoms with Crippen LogP contribution in [0, 0.1) is 6.92 Å². The Kier molecular flexibility index (Phi) is 4.14. The van der Waals surface area contributed by atoms with Crippen molar-refractivity contribution >= 4 is 11.9 Å². The number of nitrogens with zero attached hydrogens (tertiary/aromatic N) is 1. The molecule has 2 aromatic rings. The zero-order valence-electron chi connectivity index (χ0n) is 10.9. The Morgan fingerprint density at radius 1 is 1.30 bits per heavy atom. The van der Waals surface area contributed by atoms with E-state index < -0.39 is 5.97 Å². The number of aryl methyl sites for hydroxylation is 1. The highest BCUT2D eigenvalue weighted by atomic mass is 16.5. The van der Waals surface area contributed by atoms with Gasteiger partial charge in [0, 0.05) is 6.54 Å². The third kappa shape index (κ3) is 3.23. The van der Waals surface area contributed by atoms with Gasteiger partial charge in [0.1, 0.15) is 11.3 Å². The molecule has 1 heterocycles. The summed E-state index contributed by atoms with van der Waals surface area (Å²) in [6.45, 7) is 2.13. The van der Waals surface area contributed by atoms with E-state index in [9.17, 15) is 9.59 Å². The summed E-state index contributed by atoms with van der Waals surface area (Å²) in [4.78, 5) is 22.5. The van der Waals surface area contributed by atoms with Crippen LogP contribution in [0.3, 0.4) is 0 Å². The number of carboxylic acids is 1. The van der Waals surface area contributed by atoms with Crippen LogP contribution in [0.15, 0.2) is 35.0 Å². The minimum atomic E-state index is -0.951. The van der Waals surface area contributed by atoms with Crippen LogP contribution in [0.5, 0.6) is 0 Å². The third-order valence-electron chi connectivity index (χ3n) is 2.90. The minimum absolute atomic E-state index is 0.231. The Morgan fingerprint density at radius 3 is 2.55 bits per heavy atom. The summed E-state index contributed by atoms with van der Waals surface area (Å²) in [6.07, 6.45) is 2.00. The normalized spacial score (nSPS) is 10.2. The molecule has 1 aromatic heterocycles. The third-order valence-corrected chi connectivity index (χ3v) is 2.90. The van der Waals surface area contributed by atoms with Gasteiger partial charge in [0.05, 0.1) is 11.8 Å². The number of carbonyl (C=O) groups is 2. The summed E-state index contributed by atoms with van der Waals surface area (Å²) in [5, 5.41) is 15.1. The number of nitrogens with one attached hydrogen (secondary N) is 1. The molecule has 0 aliphatic carbocycles. The fourth-order valence-corrected chi connectivity index (χ4v) is 1.75. The number of rotatable bonds is 5. The molecule has 104 valence electrons. The van der Waals surface area contributed by atoms with E-state index in [1.165, 1.54) is 6.20 Å². The molecule has 0 aliphatic rings. The zero-order valence-corrected chi connectivity index (χ0v) is 10.9. The monoisotopic (exact) mass is 274 g/mol. The fraction of sp³-hybridized carbons (Fsp3) is 0.214. The highest BCUT2D eigenvalue weighted by molar-refractivity contribution is 5.94. The molecule has 0 spiro atoms. The second kappa shape index (κ2) is 6.01. The van der Waals surface area contributed by atoms with Crippen molar-refractivity contribution in [2.24, 2.45) is 0 Å². The Hall–Kier alpha value is -2.63. The molecule has 0 radical (unpaired) electrons. The predicted molar refractivity (Wildman–Crippen MR) is 70.7 cm³/mol. The largest absolute Gasteiger partial charge is 0.478 e. The summed E-state index contributed by atoms with van der Waals surface area (Å²) in [5.41, 5.74) is 1.63. The van der Waals surface area contributed by atoms with E-state index in [1.54, 1.807) is 31.2 Å². The Morgan fingerprint density at radius 2 is 2.00 bits per heavy atom. The maximum Gasteiger partial charge on any atom is 0.335 e. The molecule has 6 heteroatoms. The van der Waals surface area contributed by atoms with Gasteiger partial charge in [0.2, 0.25) is 0 Å². The number of hydrogen-bond donors (Lipinski definition) is 2. The molecule has 1 aromatic carbocycles. The van der Waals surface area contributed by atoms with E-state index in [0.717, 1.165) is 5.56 Å². The lowest BCUT2D eigenvalue weighted by atomic mass is 10.1. The lowest BCUT2D eigenvalue weighted by Crippen LogP contribution is -2.25. The number of amides is 1. The first-order chi connectivity index (χ1) is 9.58. The molecule has 0 fully saturated rings. The smallest absolute Gasteiger partial charge is 0.335 e. The number of aromatic carboxylic acids is 1. The Bertz CT molecular complexity index is 616. The SMILES string of the molecule is Cc1oncc1C(=O)NCCc1ccc(C(=O)O)cc1. The lowest BCUT2D eigenvalue weighted by molar-refractivity contribution is 0.0696. The summed E-state index contributed by atoms with van der Waals surface area (Å²) in [5.74, 6) is -0.702. The van der Waals surface area contributed by atoms with Crippen LogP contribution < -0.4 is 5.32 Å². The van der Waals surface area contributed by atoms with E-state index in [0.29, 0.717) is 24.3 Å². The summed E-state index contributed by atoms with van der Waals surface area (Å²) in [6, 6.07) is 6.56. The Balaban J connectivity index is 1.85. The average molecular weight is 274 g/mol. The molecule has 20 heavy (non-hydrogen) atoms. The second-order valence-corrected chi connectivity index (χ2v) is 4.30. The lowest BCUT2D eigenvalue weighted by Gasteiger charge is -2.04. The maximum atomic E-state index is 11.8. The molecule has 0 saturated carbocycles. The molecule has 0 unspecified atom stereocenters. The van der Waals surface area contributed by atoms with E-state index in [4.69, 9.17) is 9.63 Å². The van der Waals surface area contributed by atoms with Gasteiger partial charge in [-0.15, -0.1) is 0 Å². The van der Waals surface area contributed by atoms with Gasteiger partial charge in [0.15, 0.2) is 0 Å². The van der Waals surface area contributed by atoms with E-state index >= 15 is 0 Å². The molecule has 0 aliphatic heterocycles. The summed E-state index contributed by atoms with van der Waals surface area (Å²) >= 11 is 0. The van der Waals surface area contributed by atoms with Crippen molar-refractivity contribution in [1.82, 2.24) is 10.5 Å². The van der Waals surface area contributed by atoms with Gasteiger partial charge in [0.25, 0.3) is 5.91 Å². The molecular weight excluding hydrogens is 260 g/mol. The molecule has 0 atom stereocenters. The first-order valence-electron chi connectivity index (χ1n) is 6.09. The highest BCUT2D eigenvalue weighted by Gasteiger charge is 2.11. The molecule has 2 rings (SSSR count). The Labute approximate surface area is 115 Å². The van der Waals surface area contributed by atoms with E-state index in [1.807, 2.05) is 0 Å². The summed E-state index contributed by atoms with van der Waals surface area (Å²) < 4.78 is 4.82. The van der Waals surface area contributed by atoms with Crippen LogP contribution >= 0.6 is 0 Å². The number of hydrogen-bond acceptors (Lipinski definition) is 4.